The lowest BCUT2D eigenvalue weighted by Crippen LogP contribution is -2.37. The highest BCUT2D eigenvalue weighted by Crippen LogP contribution is 2.05. The van der Waals surface area contributed by atoms with E-state index in [2.05, 4.69) is 34.7 Å². The molecule has 21 heavy (non-hydrogen) atoms. The average Bonchev–Trinajstić information content (AvgIpc) is 2.38. The van der Waals surface area contributed by atoms with Crippen LogP contribution in [-0.4, -0.2) is 40.0 Å². The lowest BCUT2D eigenvalue weighted by Gasteiger charge is -2.12. The van der Waals surface area contributed by atoms with E-state index in [1.54, 1.807) is 7.05 Å². The van der Waals surface area contributed by atoms with Gasteiger partial charge in [-0.05, 0) is 24.5 Å². The maximum Gasteiger partial charge on any atom is 0.191 e. The summed E-state index contributed by atoms with van der Waals surface area (Å²) in [5.74, 6) is 0.871. The number of benzene rings is 1. The Kier molecular flexibility index (Phi) is 9.60. The minimum absolute atomic E-state index is 0. The zero-order valence-electron chi connectivity index (χ0n) is 12.7. The molecule has 0 aromatic heterocycles. The molecule has 1 aromatic rings. The number of guanidine groups is 1. The molecular weight excluding hydrogens is 401 g/mol. The molecule has 0 saturated heterocycles. The van der Waals surface area contributed by atoms with Crippen molar-refractivity contribution in [2.45, 2.75) is 19.9 Å². The summed E-state index contributed by atoms with van der Waals surface area (Å²) in [5, 5.41) is 6.32. The number of sulfone groups is 1. The summed E-state index contributed by atoms with van der Waals surface area (Å²) in [6.07, 6.45) is 1.82. The van der Waals surface area contributed by atoms with Crippen LogP contribution in [0.2, 0.25) is 0 Å². The van der Waals surface area contributed by atoms with Crippen molar-refractivity contribution in [2.24, 2.45) is 4.99 Å². The van der Waals surface area contributed by atoms with Crippen molar-refractivity contribution >= 4 is 39.8 Å². The SMILES string of the molecule is CN=C(NCCCS(C)(=O)=O)NCc1ccccc1C.I. The molecule has 7 heteroatoms. The minimum atomic E-state index is -2.89. The summed E-state index contributed by atoms with van der Waals surface area (Å²) < 4.78 is 22.0. The Morgan fingerprint density at radius 1 is 1.24 bits per heavy atom. The average molecular weight is 425 g/mol. The van der Waals surface area contributed by atoms with Crippen molar-refractivity contribution in [3.8, 4) is 0 Å². The van der Waals surface area contributed by atoms with Gasteiger partial charge in [0.25, 0.3) is 0 Å². The predicted molar refractivity (Wildman–Crippen MR) is 99.1 cm³/mol. The second-order valence-corrected chi connectivity index (χ2v) is 7.02. The number of nitrogens with one attached hydrogen (secondary N) is 2. The molecule has 0 saturated carbocycles. The third-order valence-corrected chi connectivity index (χ3v) is 3.95. The number of aryl methyl sites for hydroxylation is 1. The Labute approximate surface area is 144 Å². The summed E-state index contributed by atoms with van der Waals surface area (Å²) in [7, 11) is -1.19. The molecule has 1 aromatic carbocycles. The van der Waals surface area contributed by atoms with E-state index in [0.29, 0.717) is 25.5 Å². The lowest BCUT2D eigenvalue weighted by molar-refractivity contribution is 0.598. The number of halogens is 1. The van der Waals surface area contributed by atoms with Crippen molar-refractivity contribution in [1.82, 2.24) is 10.6 Å². The normalized spacial score (nSPS) is 11.7. The predicted octanol–water partition coefficient (Wildman–Crippen LogP) is 1.71. The van der Waals surface area contributed by atoms with Crippen molar-refractivity contribution < 1.29 is 8.42 Å². The first kappa shape index (κ1) is 20.2. The van der Waals surface area contributed by atoms with Gasteiger partial charge in [-0.15, -0.1) is 24.0 Å². The Bertz CT molecular complexity index is 559. The van der Waals surface area contributed by atoms with Crippen LogP contribution in [0.3, 0.4) is 0 Å². The van der Waals surface area contributed by atoms with Crippen LogP contribution in [0.4, 0.5) is 0 Å². The van der Waals surface area contributed by atoms with E-state index >= 15 is 0 Å². The van der Waals surface area contributed by atoms with Gasteiger partial charge in [-0.1, -0.05) is 24.3 Å². The quantitative estimate of drug-likeness (QED) is 0.315. The van der Waals surface area contributed by atoms with Gasteiger partial charge in [0.1, 0.15) is 9.84 Å². The second-order valence-electron chi connectivity index (χ2n) is 4.76. The third kappa shape index (κ3) is 8.92. The number of hydrogen-bond donors (Lipinski definition) is 2. The monoisotopic (exact) mass is 425 g/mol. The fourth-order valence-electron chi connectivity index (χ4n) is 1.75. The topological polar surface area (TPSA) is 70.6 Å². The van der Waals surface area contributed by atoms with Gasteiger partial charge in [0, 0.05) is 26.4 Å². The van der Waals surface area contributed by atoms with Crippen LogP contribution >= 0.6 is 24.0 Å². The molecule has 0 aliphatic rings. The van der Waals surface area contributed by atoms with Gasteiger partial charge >= 0.3 is 0 Å². The molecule has 1 rings (SSSR count). The first-order valence-electron chi connectivity index (χ1n) is 6.59. The summed E-state index contributed by atoms with van der Waals surface area (Å²) >= 11 is 0. The van der Waals surface area contributed by atoms with E-state index < -0.39 is 9.84 Å². The second kappa shape index (κ2) is 9.99. The molecule has 5 nitrogen and oxygen atoms in total. The van der Waals surface area contributed by atoms with E-state index in [9.17, 15) is 8.42 Å². The van der Waals surface area contributed by atoms with E-state index in [-0.39, 0.29) is 29.7 Å². The molecule has 0 aliphatic heterocycles. The fraction of sp³-hybridized carbons (Fsp3) is 0.500. The molecule has 120 valence electrons. The molecular formula is C14H24IN3O2S. The Balaban J connectivity index is 0.00000400. The molecule has 0 aliphatic carbocycles. The van der Waals surface area contributed by atoms with Crippen LogP contribution in [0.1, 0.15) is 17.5 Å². The zero-order valence-corrected chi connectivity index (χ0v) is 15.9. The fourth-order valence-corrected chi connectivity index (χ4v) is 2.42. The Morgan fingerprint density at radius 3 is 2.48 bits per heavy atom. The van der Waals surface area contributed by atoms with E-state index in [4.69, 9.17) is 0 Å². The Hall–Kier alpha value is -0.830. The van der Waals surface area contributed by atoms with Crippen molar-refractivity contribution in [3.05, 3.63) is 35.4 Å². The van der Waals surface area contributed by atoms with Gasteiger partial charge < -0.3 is 10.6 Å². The van der Waals surface area contributed by atoms with E-state index in [1.165, 1.54) is 17.4 Å². The van der Waals surface area contributed by atoms with Crippen LogP contribution in [0.25, 0.3) is 0 Å². The van der Waals surface area contributed by atoms with Crippen molar-refractivity contribution in [2.75, 3.05) is 25.6 Å². The summed E-state index contributed by atoms with van der Waals surface area (Å²) in [6.45, 7) is 3.35. The van der Waals surface area contributed by atoms with Gasteiger partial charge in [0.2, 0.25) is 0 Å². The Morgan fingerprint density at radius 2 is 1.90 bits per heavy atom. The highest BCUT2D eigenvalue weighted by Gasteiger charge is 2.03. The number of rotatable bonds is 6. The summed E-state index contributed by atoms with van der Waals surface area (Å²) in [5.41, 5.74) is 2.44. The highest BCUT2D eigenvalue weighted by atomic mass is 127. The van der Waals surface area contributed by atoms with E-state index in [0.717, 1.165) is 0 Å². The lowest BCUT2D eigenvalue weighted by atomic mass is 10.1. The van der Waals surface area contributed by atoms with Crippen molar-refractivity contribution in [1.29, 1.82) is 0 Å². The van der Waals surface area contributed by atoms with Crippen molar-refractivity contribution in [3.63, 3.8) is 0 Å². The number of hydrogen-bond acceptors (Lipinski definition) is 3. The molecule has 0 spiro atoms. The van der Waals surface area contributed by atoms with Crippen LogP contribution in [0.5, 0.6) is 0 Å². The zero-order chi connectivity index (χ0) is 15.0. The molecule has 2 N–H and O–H groups in total. The first-order valence-corrected chi connectivity index (χ1v) is 8.65. The van der Waals surface area contributed by atoms with Crippen LogP contribution < -0.4 is 10.6 Å². The third-order valence-electron chi connectivity index (χ3n) is 2.92. The van der Waals surface area contributed by atoms with Gasteiger partial charge in [-0.25, -0.2) is 8.42 Å². The highest BCUT2D eigenvalue weighted by molar-refractivity contribution is 14.0. The molecule has 0 radical (unpaired) electrons. The molecule has 0 amide bonds. The molecule has 0 atom stereocenters. The van der Waals surface area contributed by atoms with Crippen LogP contribution in [0, 0.1) is 6.92 Å². The van der Waals surface area contributed by atoms with E-state index in [1.807, 2.05) is 12.1 Å². The summed E-state index contributed by atoms with van der Waals surface area (Å²) in [6, 6.07) is 8.15. The number of nitrogens with zero attached hydrogens (tertiary/aromatic N) is 1. The molecule has 0 fully saturated rings. The molecule has 0 heterocycles. The van der Waals surface area contributed by atoms with Crippen LogP contribution in [-0.2, 0) is 16.4 Å². The van der Waals surface area contributed by atoms with Crippen LogP contribution in [0.15, 0.2) is 29.3 Å². The van der Waals surface area contributed by atoms with Gasteiger partial charge in [0.15, 0.2) is 5.96 Å². The van der Waals surface area contributed by atoms with Gasteiger partial charge in [-0.2, -0.15) is 0 Å². The van der Waals surface area contributed by atoms with Gasteiger partial charge in [0.05, 0.1) is 5.75 Å². The number of aliphatic imine (C=N–C) groups is 1. The maximum absolute atomic E-state index is 11.0. The minimum Gasteiger partial charge on any atom is -0.356 e. The standard InChI is InChI=1S/C14H23N3O2S.HI/c1-12-7-4-5-8-13(12)11-17-14(15-2)16-9-6-10-20(3,18)19;/h4-5,7-8H,6,9-11H2,1-3H3,(H2,15,16,17);1H. The maximum atomic E-state index is 11.0. The largest absolute Gasteiger partial charge is 0.356 e. The first-order chi connectivity index (χ1) is 9.42. The summed E-state index contributed by atoms with van der Waals surface area (Å²) in [4.78, 5) is 4.11. The molecule has 0 unspecified atom stereocenters. The van der Waals surface area contributed by atoms with Gasteiger partial charge in [-0.3, -0.25) is 4.99 Å². The smallest absolute Gasteiger partial charge is 0.191 e. The molecule has 0 bridgehead atoms.